The van der Waals surface area contributed by atoms with Gasteiger partial charge in [0.15, 0.2) is 0 Å². The molecule has 1 aliphatic carbocycles. The molecular formula is C37H59NO3. The fourth-order valence-corrected chi connectivity index (χ4v) is 6.13. The summed E-state index contributed by atoms with van der Waals surface area (Å²) in [7, 11) is 2.28. The van der Waals surface area contributed by atoms with Crippen LogP contribution in [0.25, 0.3) is 0 Å². The standard InChI is InChI=1S/C37H59NO3/c1-4-6-8-10-11-12-13-21-27-38(3)36-34(40-30-32-23-17-15-18-24-32)29-35(41-31-33-25-19-16-20-26-33)37(36)39-28-22-14-9-7-5-2/h15-20,23-26,34-37H,4-14,21-22,27-31H2,1-3H3/t34-,35+,36+,37+/m0/s1. The maximum atomic E-state index is 6.74. The molecule has 4 nitrogen and oxygen atoms in total. The first-order valence-electron chi connectivity index (χ1n) is 16.9. The third-order valence-electron chi connectivity index (χ3n) is 8.59. The molecule has 3 rings (SSSR count). The average Bonchev–Trinajstić information content (AvgIpc) is 3.36. The summed E-state index contributed by atoms with van der Waals surface area (Å²) in [4.78, 5) is 2.53. The van der Waals surface area contributed by atoms with Crippen LogP contribution in [-0.4, -0.2) is 49.5 Å². The Hall–Kier alpha value is -1.72. The zero-order valence-corrected chi connectivity index (χ0v) is 26.5. The van der Waals surface area contributed by atoms with Crippen molar-refractivity contribution in [3.8, 4) is 0 Å². The van der Waals surface area contributed by atoms with Crippen LogP contribution in [0.5, 0.6) is 0 Å². The Bertz CT molecular complexity index is 876. The topological polar surface area (TPSA) is 30.9 Å². The van der Waals surface area contributed by atoms with E-state index in [2.05, 4.69) is 86.5 Å². The fraction of sp³-hybridized carbons (Fsp3) is 0.676. The van der Waals surface area contributed by atoms with Gasteiger partial charge in [0.25, 0.3) is 0 Å². The van der Waals surface area contributed by atoms with E-state index in [1.807, 2.05) is 0 Å². The number of unbranched alkanes of at least 4 members (excludes halogenated alkanes) is 11. The molecule has 0 heterocycles. The van der Waals surface area contributed by atoms with Gasteiger partial charge in [0.2, 0.25) is 0 Å². The predicted molar refractivity (Wildman–Crippen MR) is 172 cm³/mol. The van der Waals surface area contributed by atoms with E-state index in [0.717, 1.165) is 26.0 Å². The van der Waals surface area contributed by atoms with E-state index in [1.165, 1.54) is 88.2 Å². The number of rotatable bonds is 23. The molecule has 230 valence electrons. The summed E-state index contributed by atoms with van der Waals surface area (Å²) in [5, 5.41) is 0. The number of benzene rings is 2. The molecule has 0 unspecified atom stereocenters. The van der Waals surface area contributed by atoms with Gasteiger partial charge in [-0.05, 0) is 37.6 Å². The molecule has 0 N–H and O–H groups in total. The summed E-state index contributed by atoms with van der Waals surface area (Å²) >= 11 is 0. The first-order chi connectivity index (χ1) is 20.2. The zero-order valence-electron chi connectivity index (χ0n) is 26.5. The van der Waals surface area contributed by atoms with E-state index in [1.54, 1.807) is 0 Å². The molecule has 4 atom stereocenters. The van der Waals surface area contributed by atoms with Crippen molar-refractivity contribution in [1.29, 1.82) is 0 Å². The average molecular weight is 566 g/mol. The SMILES string of the molecule is CCCCCCCCCCN(C)[C@H]1[C@H](OCCCCCCC)[C@H](OCc2ccccc2)C[C@@H]1OCc1ccccc1. The van der Waals surface area contributed by atoms with Gasteiger partial charge in [-0.2, -0.15) is 0 Å². The Labute approximate surface area is 252 Å². The lowest BCUT2D eigenvalue weighted by Gasteiger charge is -2.34. The second kappa shape index (κ2) is 21.0. The first kappa shape index (κ1) is 33.8. The minimum Gasteiger partial charge on any atom is -0.374 e. The van der Waals surface area contributed by atoms with Crippen LogP contribution in [0.1, 0.15) is 115 Å². The van der Waals surface area contributed by atoms with Gasteiger partial charge < -0.3 is 14.2 Å². The van der Waals surface area contributed by atoms with Gasteiger partial charge in [-0.25, -0.2) is 0 Å². The second-order valence-electron chi connectivity index (χ2n) is 12.1. The van der Waals surface area contributed by atoms with Crippen LogP contribution >= 0.6 is 0 Å². The lowest BCUT2D eigenvalue weighted by molar-refractivity contribution is -0.0898. The van der Waals surface area contributed by atoms with Crippen LogP contribution in [0.4, 0.5) is 0 Å². The van der Waals surface area contributed by atoms with Crippen molar-refractivity contribution in [3.05, 3.63) is 71.8 Å². The monoisotopic (exact) mass is 565 g/mol. The quantitative estimate of drug-likeness (QED) is 0.126. The largest absolute Gasteiger partial charge is 0.374 e. The molecule has 0 amide bonds. The number of ether oxygens (including phenoxy) is 3. The Balaban J connectivity index is 1.64. The summed E-state index contributed by atoms with van der Waals surface area (Å²) in [5.74, 6) is 0. The molecule has 0 aliphatic heterocycles. The van der Waals surface area contributed by atoms with Gasteiger partial charge >= 0.3 is 0 Å². The molecule has 1 aliphatic rings. The van der Waals surface area contributed by atoms with Crippen molar-refractivity contribution in [2.75, 3.05) is 20.2 Å². The zero-order chi connectivity index (χ0) is 29.0. The van der Waals surface area contributed by atoms with Crippen molar-refractivity contribution in [3.63, 3.8) is 0 Å². The summed E-state index contributed by atoms with van der Waals surface area (Å²) < 4.78 is 20.0. The number of hydrogen-bond acceptors (Lipinski definition) is 4. The molecule has 1 saturated carbocycles. The van der Waals surface area contributed by atoms with E-state index >= 15 is 0 Å². The number of nitrogens with zero attached hydrogens (tertiary/aromatic N) is 1. The van der Waals surface area contributed by atoms with Crippen molar-refractivity contribution in [2.45, 2.75) is 141 Å². The fourth-order valence-electron chi connectivity index (χ4n) is 6.13. The highest BCUT2D eigenvalue weighted by Crippen LogP contribution is 2.33. The normalized spacial score (nSPS) is 20.7. The van der Waals surface area contributed by atoms with E-state index in [0.29, 0.717) is 13.2 Å². The maximum absolute atomic E-state index is 6.74. The molecule has 41 heavy (non-hydrogen) atoms. The molecule has 2 aromatic carbocycles. The number of hydrogen-bond donors (Lipinski definition) is 0. The highest BCUT2D eigenvalue weighted by atomic mass is 16.6. The molecule has 0 radical (unpaired) electrons. The van der Waals surface area contributed by atoms with E-state index < -0.39 is 0 Å². The summed E-state index contributed by atoms with van der Waals surface area (Å²) in [6.45, 7) is 7.67. The highest BCUT2D eigenvalue weighted by Gasteiger charge is 2.47. The van der Waals surface area contributed by atoms with Gasteiger partial charge in [-0.1, -0.05) is 145 Å². The molecule has 0 spiro atoms. The van der Waals surface area contributed by atoms with Gasteiger partial charge in [-0.15, -0.1) is 0 Å². The third-order valence-corrected chi connectivity index (χ3v) is 8.59. The van der Waals surface area contributed by atoms with Gasteiger partial charge in [0.1, 0.15) is 6.10 Å². The van der Waals surface area contributed by atoms with Crippen LogP contribution in [-0.2, 0) is 27.4 Å². The predicted octanol–water partition coefficient (Wildman–Crippen LogP) is 9.36. The maximum Gasteiger partial charge on any atom is 0.102 e. The first-order valence-corrected chi connectivity index (χ1v) is 16.9. The summed E-state index contributed by atoms with van der Waals surface area (Å²) in [6.07, 6.45) is 17.9. The van der Waals surface area contributed by atoms with Gasteiger partial charge in [-0.3, -0.25) is 4.90 Å². The minimum absolute atomic E-state index is 0.0182. The van der Waals surface area contributed by atoms with Crippen LogP contribution < -0.4 is 0 Å². The Morgan fingerprint density at radius 3 is 1.63 bits per heavy atom. The van der Waals surface area contributed by atoms with Crippen molar-refractivity contribution < 1.29 is 14.2 Å². The number of likely N-dealkylation sites (N-methyl/N-ethyl adjacent to an activating group) is 1. The smallest absolute Gasteiger partial charge is 0.102 e. The minimum atomic E-state index is 0.0182. The van der Waals surface area contributed by atoms with Gasteiger partial charge in [0, 0.05) is 13.0 Å². The van der Waals surface area contributed by atoms with Gasteiger partial charge in [0.05, 0.1) is 31.5 Å². The van der Waals surface area contributed by atoms with E-state index in [9.17, 15) is 0 Å². The Kier molecular flexibility index (Phi) is 17.3. The molecule has 1 fully saturated rings. The van der Waals surface area contributed by atoms with Crippen LogP contribution in [0.2, 0.25) is 0 Å². The molecule has 0 saturated heterocycles. The molecule has 2 aromatic rings. The molecule has 4 heteroatoms. The summed E-state index contributed by atoms with van der Waals surface area (Å²) in [6, 6.07) is 21.3. The second-order valence-corrected chi connectivity index (χ2v) is 12.1. The van der Waals surface area contributed by atoms with Crippen molar-refractivity contribution >= 4 is 0 Å². The highest BCUT2D eigenvalue weighted by molar-refractivity contribution is 5.15. The van der Waals surface area contributed by atoms with E-state index in [-0.39, 0.29) is 24.4 Å². The lowest BCUT2D eigenvalue weighted by atomic mass is 10.1. The van der Waals surface area contributed by atoms with Crippen LogP contribution in [0.3, 0.4) is 0 Å². The van der Waals surface area contributed by atoms with E-state index in [4.69, 9.17) is 14.2 Å². The van der Waals surface area contributed by atoms with Crippen LogP contribution in [0, 0.1) is 0 Å². The molecular weight excluding hydrogens is 506 g/mol. The van der Waals surface area contributed by atoms with Crippen molar-refractivity contribution in [2.24, 2.45) is 0 Å². The molecule has 0 bridgehead atoms. The Morgan fingerprint density at radius 1 is 0.585 bits per heavy atom. The Morgan fingerprint density at radius 2 is 1.07 bits per heavy atom. The third kappa shape index (κ3) is 13.0. The van der Waals surface area contributed by atoms with Crippen molar-refractivity contribution in [1.82, 2.24) is 4.90 Å². The van der Waals surface area contributed by atoms with Crippen LogP contribution in [0.15, 0.2) is 60.7 Å². The lowest BCUT2D eigenvalue weighted by Crippen LogP contribution is -2.48. The molecule has 0 aromatic heterocycles. The summed E-state index contributed by atoms with van der Waals surface area (Å²) in [5.41, 5.74) is 2.43.